The van der Waals surface area contributed by atoms with E-state index in [1.807, 2.05) is 0 Å². The molecule has 0 aliphatic rings. The summed E-state index contributed by atoms with van der Waals surface area (Å²) < 4.78 is 36.4. The summed E-state index contributed by atoms with van der Waals surface area (Å²) in [5.41, 5.74) is 0.869. The maximum atomic E-state index is 13.2. The summed E-state index contributed by atoms with van der Waals surface area (Å²) in [5.74, 6) is -0.101. The average molecular weight is 321 g/mol. The van der Waals surface area contributed by atoms with Gasteiger partial charge in [0.2, 0.25) is 5.76 Å². The third-order valence-electron chi connectivity index (χ3n) is 3.34. The first-order chi connectivity index (χ1) is 11.1. The third kappa shape index (κ3) is 3.97. The number of benzene rings is 1. The maximum Gasteiger partial charge on any atom is 0.415 e. The Hall–Kier alpha value is -2.63. The van der Waals surface area contributed by atoms with Crippen molar-refractivity contribution in [3.05, 3.63) is 54.3 Å². The highest BCUT2D eigenvalue weighted by molar-refractivity contribution is 5.77. The molecule has 6 heteroatoms. The molecule has 2 aromatic rings. The van der Waals surface area contributed by atoms with Gasteiger partial charge < -0.3 is 14.1 Å². The Bertz CT molecular complexity index is 670. The van der Waals surface area contributed by atoms with E-state index in [1.54, 1.807) is 38.1 Å². The molecule has 1 heterocycles. The summed E-state index contributed by atoms with van der Waals surface area (Å²) in [7, 11) is 0. The maximum absolute atomic E-state index is 13.2. The number of halogens is 2. The van der Waals surface area contributed by atoms with Gasteiger partial charge in [0, 0.05) is 24.2 Å². The van der Waals surface area contributed by atoms with Crippen LogP contribution in [0.4, 0.5) is 13.6 Å². The Labute approximate surface area is 133 Å². The molecule has 0 saturated carbocycles. The number of carbonyl (C=O) groups excluding carboxylic acids is 1. The molecule has 0 radical (unpaired) electrons. The molecule has 1 aromatic carbocycles. The fourth-order valence-corrected chi connectivity index (χ4v) is 2.07. The minimum atomic E-state index is -2.05. The molecular formula is C17H17F2NO3. The molecule has 0 aliphatic carbocycles. The summed E-state index contributed by atoms with van der Waals surface area (Å²) in [4.78, 5) is 13.2. The monoisotopic (exact) mass is 321 g/mol. The molecule has 0 fully saturated rings. The zero-order valence-electron chi connectivity index (χ0n) is 12.9. The number of ether oxygens (including phenoxy) is 1. The molecule has 0 saturated heterocycles. The second-order valence-corrected chi connectivity index (χ2v) is 4.68. The van der Waals surface area contributed by atoms with E-state index in [9.17, 15) is 13.6 Å². The van der Waals surface area contributed by atoms with E-state index in [4.69, 9.17) is 9.15 Å². The van der Waals surface area contributed by atoms with Crippen molar-refractivity contribution in [2.75, 3.05) is 13.1 Å². The van der Waals surface area contributed by atoms with Gasteiger partial charge in [0.15, 0.2) is 0 Å². The Morgan fingerprint density at radius 3 is 2.26 bits per heavy atom. The van der Waals surface area contributed by atoms with Crippen LogP contribution in [0.2, 0.25) is 0 Å². The van der Waals surface area contributed by atoms with Crippen LogP contribution in [0, 0.1) is 0 Å². The molecular weight excluding hydrogens is 304 g/mol. The fourth-order valence-electron chi connectivity index (χ4n) is 2.07. The lowest BCUT2D eigenvalue weighted by atomic mass is 10.1. The van der Waals surface area contributed by atoms with Crippen molar-refractivity contribution in [1.82, 2.24) is 4.90 Å². The summed E-state index contributed by atoms with van der Waals surface area (Å²) in [5, 5.41) is 0. The second-order valence-electron chi connectivity index (χ2n) is 4.68. The number of carbonyl (C=O) groups is 1. The van der Waals surface area contributed by atoms with Crippen LogP contribution >= 0.6 is 0 Å². The number of hydrogen-bond acceptors (Lipinski definition) is 3. The second kappa shape index (κ2) is 7.58. The van der Waals surface area contributed by atoms with Gasteiger partial charge in [-0.2, -0.15) is 8.78 Å². The van der Waals surface area contributed by atoms with Crippen LogP contribution in [-0.4, -0.2) is 24.1 Å². The first-order valence-corrected chi connectivity index (χ1v) is 7.23. The van der Waals surface area contributed by atoms with E-state index in [-0.39, 0.29) is 5.56 Å². The molecule has 23 heavy (non-hydrogen) atoms. The van der Waals surface area contributed by atoms with E-state index in [1.165, 1.54) is 23.3 Å². The van der Waals surface area contributed by atoms with Crippen molar-refractivity contribution in [2.45, 2.75) is 13.8 Å². The lowest BCUT2D eigenvalue weighted by Crippen LogP contribution is -2.30. The van der Waals surface area contributed by atoms with E-state index in [0.717, 1.165) is 5.56 Å². The predicted octanol–water partition coefficient (Wildman–Crippen LogP) is 4.99. The molecule has 4 nitrogen and oxygen atoms in total. The summed E-state index contributed by atoms with van der Waals surface area (Å²) in [6.45, 7) is 4.26. The quantitative estimate of drug-likeness (QED) is 0.729. The number of hydrogen-bond donors (Lipinski definition) is 0. The highest BCUT2D eigenvalue weighted by Crippen LogP contribution is 2.26. The Morgan fingerprint density at radius 2 is 1.78 bits per heavy atom. The minimum Gasteiger partial charge on any atom is -0.464 e. The first-order valence-electron chi connectivity index (χ1n) is 7.23. The van der Waals surface area contributed by atoms with Crippen LogP contribution in [0.15, 0.2) is 53.2 Å². The lowest BCUT2D eigenvalue weighted by molar-refractivity contribution is 0.145. The van der Waals surface area contributed by atoms with Gasteiger partial charge in [0.05, 0.1) is 6.26 Å². The van der Waals surface area contributed by atoms with Crippen molar-refractivity contribution in [1.29, 1.82) is 0 Å². The molecule has 0 aliphatic heterocycles. The van der Waals surface area contributed by atoms with Gasteiger partial charge in [0.1, 0.15) is 5.76 Å². The highest BCUT2D eigenvalue weighted by atomic mass is 19.3. The number of rotatable bonds is 5. The molecule has 0 bridgehead atoms. The van der Waals surface area contributed by atoms with Crippen LogP contribution in [-0.2, 0) is 4.74 Å². The van der Waals surface area contributed by atoms with Crippen LogP contribution in [0.1, 0.15) is 19.4 Å². The molecule has 122 valence electrons. The summed E-state index contributed by atoms with van der Waals surface area (Å²) in [6.07, 6.45) is -1.31. The average Bonchev–Trinajstić information content (AvgIpc) is 3.08. The number of furan rings is 1. The topological polar surface area (TPSA) is 42.7 Å². The minimum absolute atomic E-state index is 0.126. The molecule has 0 atom stereocenters. The van der Waals surface area contributed by atoms with Crippen molar-refractivity contribution >= 4 is 11.9 Å². The SMILES string of the molecule is CCN(CC)C(=O)OC(=C(F)F)c1ccc(-c2ccco2)cc1. The first kappa shape index (κ1) is 16.7. The van der Waals surface area contributed by atoms with Gasteiger partial charge in [-0.15, -0.1) is 0 Å². The molecule has 1 aromatic heterocycles. The highest BCUT2D eigenvalue weighted by Gasteiger charge is 2.19. The number of amides is 1. The van der Waals surface area contributed by atoms with E-state index in [2.05, 4.69) is 0 Å². The van der Waals surface area contributed by atoms with Gasteiger partial charge in [-0.3, -0.25) is 0 Å². The van der Waals surface area contributed by atoms with E-state index < -0.39 is 17.9 Å². The van der Waals surface area contributed by atoms with Crippen molar-refractivity contribution in [3.8, 4) is 11.3 Å². The van der Waals surface area contributed by atoms with Crippen molar-refractivity contribution < 1.29 is 22.7 Å². The van der Waals surface area contributed by atoms with Gasteiger partial charge in [-0.05, 0) is 26.0 Å². The summed E-state index contributed by atoms with van der Waals surface area (Å²) >= 11 is 0. The van der Waals surface area contributed by atoms with E-state index >= 15 is 0 Å². The smallest absolute Gasteiger partial charge is 0.415 e. The van der Waals surface area contributed by atoms with Crippen LogP contribution in [0.25, 0.3) is 17.1 Å². The van der Waals surface area contributed by atoms with Crippen molar-refractivity contribution in [3.63, 3.8) is 0 Å². The molecule has 0 unspecified atom stereocenters. The predicted molar refractivity (Wildman–Crippen MR) is 82.7 cm³/mol. The van der Waals surface area contributed by atoms with Gasteiger partial charge in [0.25, 0.3) is 0 Å². The standard InChI is InChI=1S/C17H17F2NO3/c1-3-20(4-2)17(21)23-15(16(18)19)13-9-7-12(8-10-13)14-6-5-11-22-14/h5-11H,3-4H2,1-2H3. The van der Waals surface area contributed by atoms with E-state index in [0.29, 0.717) is 18.8 Å². The summed E-state index contributed by atoms with van der Waals surface area (Å²) in [6, 6.07) is 9.68. The molecule has 0 N–H and O–H groups in total. The largest absolute Gasteiger partial charge is 0.464 e. The molecule has 2 rings (SSSR count). The van der Waals surface area contributed by atoms with Crippen LogP contribution in [0.5, 0.6) is 0 Å². The van der Waals surface area contributed by atoms with Crippen molar-refractivity contribution in [2.24, 2.45) is 0 Å². The van der Waals surface area contributed by atoms with Gasteiger partial charge in [-0.25, -0.2) is 4.79 Å². The lowest BCUT2D eigenvalue weighted by Gasteiger charge is -2.18. The normalized spacial score (nSPS) is 10.3. The van der Waals surface area contributed by atoms with Gasteiger partial charge in [-0.1, -0.05) is 24.3 Å². The fraction of sp³-hybridized carbons (Fsp3) is 0.235. The van der Waals surface area contributed by atoms with Gasteiger partial charge >= 0.3 is 12.2 Å². The molecule has 0 spiro atoms. The Balaban J connectivity index is 2.22. The molecule has 1 amide bonds. The zero-order valence-corrected chi connectivity index (χ0v) is 12.9. The Kier molecular flexibility index (Phi) is 5.51. The number of nitrogens with zero attached hydrogens (tertiary/aromatic N) is 1. The van der Waals surface area contributed by atoms with Crippen LogP contribution in [0.3, 0.4) is 0 Å². The zero-order chi connectivity index (χ0) is 16.8. The Morgan fingerprint density at radius 1 is 1.13 bits per heavy atom. The van der Waals surface area contributed by atoms with Crippen LogP contribution < -0.4 is 0 Å². The third-order valence-corrected chi connectivity index (χ3v) is 3.34.